The van der Waals surface area contributed by atoms with E-state index in [0.29, 0.717) is 0 Å². The van der Waals surface area contributed by atoms with Crippen molar-refractivity contribution in [2.24, 2.45) is 0 Å². The summed E-state index contributed by atoms with van der Waals surface area (Å²) in [4.78, 5) is 11.4. The molecule has 2 aromatic carbocycles. The van der Waals surface area contributed by atoms with Crippen molar-refractivity contribution in [3.05, 3.63) is 60.7 Å². The van der Waals surface area contributed by atoms with E-state index in [1.807, 2.05) is 60.7 Å². The number of hydrazine groups is 1. The average molecular weight is 253 g/mol. The summed E-state index contributed by atoms with van der Waals surface area (Å²) < 4.78 is 0. The Labute approximate surface area is 112 Å². The Bertz CT molecular complexity index is 566. The number of hydrogen-bond acceptors (Lipinski definition) is 3. The van der Waals surface area contributed by atoms with E-state index in [-0.39, 0.29) is 11.6 Å². The van der Waals surface area contributed by atoms with E-state index in [1.54, 1.807) is 0 Å². The maximum Gasteiger partial charge on any atom is 0.196 e. The zero-order chi connectivity index (χ0) is 13.7. The smallest absolute Gasteiger partial charge is 0.196 e. The number of carbonyl (C=O) groups excluding carboxylic acids is 1. The zero-order valence-corrected chi connectivity index (χ0v) is 10.6. The second-order valence-electron chi connectivity index (χ2n) is 4.05. The molecule has 0 spiro atoms. The van der Waals surface area contributed by atoms with E-state index < -0.39 is 0 Å². The molecule has 0 aromatic heterocycles. The van der Waals surface area contributed by atoms with Crippen LogP contribution in [0.3, 0.4) is 0 Å². The Morgan fingerprint density at radius 2 is 1.53 bits per heavy atom. The number of Topliss-reactive ketones (excluding diaryl/α,β-unsaturated/α-hetero) is 1. The predicted octanol–water partition coefficient (Wildman–Crippen LogP) is 3.09. The van der Waals surface area contributed by atoms with Gasteiger partial charge in [0.2, 0.25) is 0 Å². The highest BCUT2D eigenvalue weighted by Gasteiger charge is 2.15. The van der Waals surface area contributed by atoms with Crippen molar-refractivity contribution in [3.63, 3.8) is 0 Å². The fraction of sp³-hybridized carbons (Fsp3) is 0.0667. The minimum absolute atomic E-state index is 0.102. The zero-order valence-electron chi connectivity index (χ0n) is 10.6. The topological polar surface area (TPSA) is 56.2 Å². The van der Waals surface area contributed by atoms with Crippen LogP contribution in [0.15, 0.2) is 60.7 Å². The summed E-state index contributed by atoms with van der Waals surface area (Å²) in [6, 6.07) is 18.8. The van der Waals surface area contributed by atoms with Crippen LogP contribution >= 0.6 is 0 Å². The highest BCUT2D eigenvalue weighted by Crippen LogP contribution is 2.16. The van der Waals surface area contributed by atoms with Gasteiger partial charge < -0.3 is 0 Å². The first-order valence-corrected chi connectivity index (χ1v) is 5.95. The van der Waals surface area contributed by atoms with Crippen LogP contribution in [0.5, 0.6) is 0 Å². The molecule has 0 aliphatic carbocycles. The molecule has 4 heteroatoms. The standard InChI is InChI=1S/C15H15N3O/c1-12(19)15(16)18(14-10-6-3-7-11-14)17-13-8-4-2-5-9-13/h2-11,16-17H,1H3. The molecule has 0 unspecified atom stereocenters. The number of para-hydroxylation sites is 2. The van der Waals surface area contributed by atoms with Gasteiger partial charge in [-0.05, 0) is 24.3 Å². The summed E-state index contributed by atoms with van der Waals surface area (Å²) in [5.74, 6) is -0.401. The summed E-state index contributed by atoms with van der Waals surface area (Å²) in [6.45, 7) is 1.38. The number of nitrogens with one attached hydrogen (secondary N) is 2. The number of nitrogens with zero attached hydrogens (tertiary/aromatic N) is 1. The van der Waals surface area contributed by atoms with E-state index >= 15 is 0 Å². The fourth-order valence-corrected chi connectivity index (χ4v) is 1.63. The Morgan fingerprint density at radius 1 is 1.00 bits per heavy atom. The van der Waals surface area contributed by atoms with E-state index in [1.165, 1.54) is 11.9 Å². The second-order valence-corrected chi connectivity index (χ2v) is 4.05. The third kappa shape index (κ3) is 3.19. The van der Waals surface area contributed by atoms with Crippen LogP contribution in [0.4, 0.5) is 11.4 Å². The van der Waals surface area contributed by atoms with Gasteiger partial charge in [0.1, 0.15) is 0 Å². The molecule has 0 atom stereocenters. The molecule has 0 radical (unpaired) electrons. The maximum atomic E-state index is 11.4. The lowest BCUT2D eigenvalue weighted by Crippen LogP contribution is -2.39. The first-order chi connectivity index (χ1) is 9.18. The molecule has 0 fully saturated rings. The van der Waals surface area contributed by atoms with E-state index in [0.717, 1.165) is 11.4 Å². The number of amidine groups is 1. The molecule has 0 heterocycles. The van der Waals surface area contributed by atoms with Crippen molar-refractivity contribution in [1.29, 1.82) is 5.41 Å². The molecule has 2 aromatic rings. The summed E-state index contributed by atoms with van der Waals surface area (Å²) >= 11 is 0. The second kappa shape index (κ2) is 5.82. The van der Waals surface area contributed by atoms with E-state index in [9.17, 15) is 4.79 Å². The number of rotatable bonds is 4. The molecular weight excluding hydrogens is 238 g/mol. The Morgan fingerprint density at radius 3 is 2.05 bits per heavy atom. The first kappa shape index (κ1) is 12.8. The third-order valence-electron chi connectivity index (χ3n) is 2.59. The number of hydrogen-bond donors (Lipinski definition) is 2. The van der Waals surface area contributed by atoms with E-state index in [4.69, 9.17) is 5.41 Å². The molecule has 0 aliphatic rings. The highest BCUT2D eigenvalue weighted by molar-refractivity contribution is 6.42. The summed E-state index contributed by atoms with van der Waals surface area (Å²) in [5.41, 5.74) is 4.62. The largest absolute Gasteiger partial charge is 0.292 e. The molecular formula is C15H15N3O. The van der Waals surface area contributed by atoms with Gasteiger partial charge in [-0.1, -0.05) is 36.4 Å². The van der Waals surface area contributed by atoms with Gasteiger partial charge in [0.15, 0.2) is 11.6 Å². The van der Waals surface area contributed by atoms with Gasteiger partial charge in [-0.3, -0.25) is 15.6 Å². The molecule has 4 nitrogen and oxygen atoms in total. The molecule has 0 aliphatic heterocycles. The molecule has 0 saturated heterocycles. The van der Waals surface area contributed by atoms with Crippen molar-refractivity contribution in [2.45, 2.75) is 6.92 Å². The van der Waals surface area contributed by atoms with Crippen molar-refractivity contribution in [1.82, 2.24) is 0 Å². The van der Waals surface area contributed by atoms with Gasteiger partial charge >= 0.3 is 0 Å². The lowest BCUT2D eigenvalue weighted by Gasteiger charge is -2.25. The van der Waals surface area contributed by atoms with Crippen LogP contribution in [-0.2, 0) is 4.79 Å². The highest BCUT2D eigenvalue weighted by atomic mass is 16.1. The van der Waals surface area contributed by atoms with Gasteiger partial charge in [0.05, 0.1) is 11.4 Å². The molecule has 2 N–H and O–H groups in total. The summed E-state index contributed by atoms with van der Waals surface area (Å²) in [6.07, 6.45) is 0. The summed E-state index contributed by atoms with van der Waals surface area (Å²) in [7, 11) is 0. The minimum Gasteiger partial charge on any atom is -0.292 e. The predicted molar refractivity (Wildman–Crippen MR) is 77.4 cm³/mol. The Balaban J connectivity index is 2.30. The molecule has 0 amide bonds. The molecule has 2 rings (SSSR count). The first-order valence-electron chi connectivity index (χ1n) is 5.95. The molecule has 96 valence electrons. The molecule has 0 saturated carbocycles. The van der Waals surface area contributed by atoms with Crippen molar-refractivity contribution in [2.75, 3.05) is 10.4 Å². The Hall–Kier alpha value is -2.62. The normalized spacial score (nSPS) is 9.74. The van der Waals surface area contributed by atoms with Crippen molar-refractivity contribution in [3.8, 4) is 0 Å². The molecule has 0 bridgehead atoms. The van der Waals surface area contributed by atoms with Crippen LogP contribution in [0.2, 0.25) is 0 Å². The van der Waals surface area contributed by atoms with Gasteiger partial charge in [0.25, 0.3) is 0 Å². The monoisotopic (exact) mass is 253 g/mol. The molecule has 19 heavy (non-hydrogen) atoms. The van der Waals surface area contributed by atoms with E-state index in [2.05, 4.69) is 5.43 Å². The Kier molecular flexibility index (Phi) is 3.93. The van der Waals surface area contributed by atoms with Crippen LogP contribution in [0.1, 0.15) is 6.92 Å². The van der Waals surface area contributed by atoms with Gasteiger partial charge in [-0.15, -0.1) is 0 Å². The summed E-state index contributed by atoms with van der Waals surface area (Å²) in [5, 5.41) is 9.37. The van der Waals surface area contributed by atoms with Crippen molar-refractivity contribution >= 4 is 23.0 Å². The fourth-order valence-electron chi connectivity index (χ4n) is 1.63. The number of ketones is 1. The van der Waals surface area contributed by atoms with Crippen LogP contribution in [0.25, 0.3) is 0 Å². The lowest BCUT2D eigenvalue weighted by atomic mass is 10.3. The van der Waals surface area contributed by atoms with Crippen molar-refractivity contribution < 1.29 is 4.79 Å². The van der Waals surface area contributed by atoms with Crippen LogP contribution < -0.4 is 10.4 Å². The quantitative estimate of drug-likeness (QED) is 0.500. The lowest BCUT2D eigenvalue weighted by molar-refractivity contribution is -0.111. The van der Waals surface area contributed by atoms with Gasteiger partial charge in [-0.2, -0.15) is 0 Å². The average Bonchev–Trinajstić information content (AvgIpc) is 2.46. The number of benzene rings is 2. The van der Waals surface area contributed by atoms with Gasteiger partial charge in [-0.25, -0.2) is 5.01 Å². The maximum absolute atomic E-state index is 11.4. The SMILES string of the molecule is CC(=O)C(=N)N(Nc1ccccc1)c1ccccc1. The van der Waals surface area contributed by atoms with Crippen LogP contribution in [-0.4, -0.2) is 11.6 Å². The number of carbonyl (C=O) groups is 1. The number of anilines is 2. The van der Waals surface area contributed by atoms with Gasteiger partial charge in [0, 0.05) is 6.92 Å². The third-order valence-corrected chi connectivity index (χ3v) is 2.59. The minimum atomic E-state index is -0.299. The van der Waals surface area contributed by atoms with Crippen LogP contribution in [0, 0.1) is 5.41 Å².